The van der Waals surface area contributed by atoms with Crippen molar-refractivity contribution in [1.82, 2.24) is 9.88 Å². The van der Waals surface area contributed by atoms with Crippen LogP contribution in [0.25, 0.3) is 10.9 Å². The van der Waals surface area contributed by atoms with Crippen LogP contribution in [0.5, 0.6) is 0 Å². The average molecular weight is 398 g/mol. The fourth-order valence-electron chi connectivity index (χ4n) is 3.22. The molecule has 0 amide bonds. The molecule has 1 aromatic heterocycles. The first-order valence-corrected chi connectivity index (χ1v) is 10.4. The Bertz CT molecular complexity index is 733. The largest absolute Gasteiger partial charge is 0.416 e. The highest BCUT2D eigenvalue weighted by Crippen LogP contribution is 2.33. The van der Waals surface area contributed by atoms with Crippen LogP contribution in [0.1, 0.15) is 31.2 Å². The number of morpholine rings is 1. The minimum absolute atomic E-state index is 0.403. The number of pyridine rings is 1. The molecule has 1 fully saturated rings. The SMILES string of the molecule is FC(F)(F)c1ccc2c(SCCCCCCN3CCOCC3)ccnc2c1. The number of aromatic nitrogens is 1. The number of thioether (sulfide) groups is 1. The van der Waals surface area contributed by atoms with Gasteiger partial charge in [-0.15, -0.1) is 11.8 Å². The van der Waals surface area contributed by atoms with E-state index in [-0.39, 0.29) is 0 Å². The van der Waals surface area contributed by atoms with Gasteiger partial charge in [0, 0.05) is 29.6 Å². The number of fused-ring (bicyclic) bond motifs is 1. The Labute approximate surface area is 162 Å². The highest BCUT2D eigenvalue weighted by molar-refractivity contribution is 7.99. The van der Waals surface area contributed by atoms with Crippen molar-refractivity contribution in [1.29, 1.82) is 0 Å². The lowest BCUT2D eigenvalue weighted by Crippen LogP contribution is -2.36. The summed E-state index contributed by atoms with van der Waals surface area (Å²) in [4.78, 5) is 7.56. The van der Waals surface area contributed by atoms with Crippen LogP contribution in [-0.2, 0) is 10.9 Å². The van der Waals surface area contributed by atoms with Crippen molar-refractivity contribution in [2.24, 2.45) is 0 Å². The summed E-state index contributed by atoms with van der Waals surface area (Å²) in [6.07, 6.45) is 1.97. The van der Waals surface area contributed by atoms with Crippen molar-refractivity contribution in [2.75, 3.05) is 38.6 Å². The smallest absolute Gasteiger partial charge is 0.379 e. The van der Waals surface area contributed by atoms with E-state index in [9.17, 15) is 13.2 Å². The van der Waals surface area contributed by atoms with E-state index in [1.54, 1.807) is 18.0 Å². The molecule has 3 rings (SSSR count). The molecule has 0 spiro atoms. The van der Waals surface area contributed by atoms with Crippen molar-refractivity contribution in [2.45, 2.75) is 36.8 Å². The van der Waals surface area contributed by atoms with Crippen LogP contribution in [0.4, 0.5) is 13.2 Å². The van der Waals surface area contributed by atoms with Crippen molar-refractivity contribution in [3.05, 3.63) is 36.0 Å². The van der Waals surface area contributed by atoms with Crippen molar-refractivity contribution >= 4 is 22.7 Å². The molecular formula is C20H25F3N2OS. The summed E-state index contributed by atoms with van der Waals surface area (Å²) in [6.45, 7) is 4.93. The summed E-state index contributed by atoms with van der Waals surface area (Å²) in [6, 6.07) is 5.69. The standard InChI is InChI=1S/C20H25F3N2OS/c21-20(22,23)16-5-6-17-18(15-16)24-8-7-19(17)27-14-4-2-1-3-9-25-10-12-26-13-11-25/h5-8,15H,1-4,9-14H2. The van der Waals surface area contributed by atoms with Crippen LogP contribution in [0.3, 0.4) is 0 Å². The van der Waals surface area contributed by atoms with Gasteiger partial charge in [0.15, 0.2) is 0 Å². The molecule has 1 aliphatic rings. The van der Waals surface area contributed by atoms with Gasteiger partial charge < -0.3 is 4.74 Å². The van der Waals surface area contributed by atoms with Gasteiger partial charge in [-0.3, -0.25) is 9.88 Å². The molecule has 3 nitrogen and oxygen atoms in total. The third-order valence-electron chi connectivity index (χ3n) is 4.76. The molecule has 0 N–H and O–H groups in total. The molecule has 0 aliphatic carbocycles. The number of hydrogen-bond acceptors (Lipinski definition) is 4. The highest BCUT2D eigenvalue weighted by atomic mass is 32.2. The molecule has 7 heteroatoms. The van der Waals surface area contributed by atoms with Crippen molar-refractivity contribution in [3.63, 3.8) is 0 Å². The second-order valence-corrected chi connectivity index (χ2v) is 7.89. The quantitative estimate of drug-likeness (QED) is 0.449. The minimum Gasteiger partial charge on any atom is -0.379 e. The van der Waals surface area contributed by atoms with E-state index in [4.69, 9.17) is 4.74 Å². The molecule has 27 heavy (non-hydrogen) atoms. The van der Waals surface area contributed by atoms with E-state index < -0.39 is 11.7 Å². The van der Waals surface area contributed by atoms with E-state index >= 15 is 0 Å². The normalized spacial score (nSPS) is 16.1. The molecule has 1 saturated heterocycles. The van der Waals surface area contributed by atoms with Crippen molar-refractivity contribution < 1.29 is 17.9 Å². The van der Waals surface area contributed by atoms with Gasteiger partial charge in [0.2, 0.25) is 0 Å². The number of benzene rings is 1. The van der Waals surface area contributed by atoms with Crippen LogP contribution in [0.2, 0.25) is 0 Å². The van der Waals surface area contributed by atoms with Gasteiger partial charge in [0.05, 0.1) is 24.3 Å². The molecule has 2 aromatic rings. The summed E-state index contributed by atoms with van der Waals surface area (Å²) in [5.41, 5.74) is -0.245. The Morgan fingerprint density at radius 1 is 1.04 bits per heavy atom. The fourth-order valence-corrected chi connectivity index (χ4v) is 4.28. The molecule has 0 saturated carbocycles. The van der Waals surface area contributed by atoms with Gasteiger partial charge in [-0.25, -0.2) is 0 Å². The monoisotopic (exact) mass is 398 g/mol. The Morgan fingerprint density at radius 2 is 1.81 bits per heavy atom. The topological polar surface area (TPSA) is 25.4 Å². The predicted molar refractivity (Wildman–Crippen MR) is 103 cm³/mol. The molecule has 0 bridgehead atoms. The van der Waals surface area contributed by atoms with Crippen LogP contribution in [0.15, 0.2) is 35.4 Å². The molecule has 0 radical (unpaired) electrons. The van der Waals surface area contributed by atoms with Gasteiger partial charge in [-0.05, 0) is 43.3 Å². The van der Waals surface area contributed by atoms with Crippen LogP contribution < -0.4 is 0 Å². The maximum absolute atomic E-state index is 12.8. The molecule has 2 heterocycles. The second-order valence-electron chi connectivity index (χ2n) is 6.76. The number of nitrogens with zero attached hydrogens (tertiary/aromatic N) is 2. The predicted octanol–water partition coefficient (Wildman–Crippen LogP) is 5.24. The van der Waals surface area contributed by atoms with E-state index in [1.807, 2.05) is 6.07 Å². The van der Waals surface area contributed by atoms with Gasteiger partial charge in [-0.1, -0.05) is 18.9 Å². The molecular weight excluding hydrogens is 373 g/mol. The minimum atomic E-state index is -4.33. The van der Waals surface area contributed by atoms with Gasteiger partial charge in [0.25, 0.3) is 0 Å². The van der Waals surface area contributed by atoms with E-state index in [1.165, 1.54) is 25.3 Å². The number of ether oxygens (including phenoxy) is 1. The fraction of sp³-hybridized carbons (Fsp3) is 0.550. The second kappa shape index (κ2) is 9.75. The Hall–Kier alpha value is -1.31. The van der Waals surface area contributed by atoms with E-state index in [0.29, 0.717) is 5.52 Å². The Kier molecular flexibility index (Phi) is 7.38. The Morgan fingerprint density at radius 3 is 2.59 bits per heavy atom. The summed E-state index contributed by atoms with van der Waals surface area (Å²) in [5, 5.41) is 0.794. The number of alkyl halides is 3. The lowest BCUT2D eigenvalue weighted by molar-refractivity contribution is -0.137. The van der Waals surface area contributed by atoms with Crippen LogP contribution >= 0.6 is 11.8 Å². The van der Waals surface area contributed by atoms with Gasteiger partial charge >= 0.3 is 6.18 Å². The summed E-state index contributed by atoms with van der Waals surface area (Å²) < 4.78 is 43.9. The van der Waals surface area contributed by atoms with Gasteiger partial charge in [0.1, 0.15) is 0 Å². The lowest BCUT2D eigenvalue weighted by atomic mass is 10.1. The highest BCUT2D eigenvalue weighted by Gasteiger charge is 2.30. The molecule has 148 valence electrons. The number of rotatable bonds is 8. The molecule has 0 atom stereocenters. The molecule has 1 aliphatic heterocycles. The zero-order chi connectivity index (χ0) is 19.1. The third-order valence-corrected chi connectivity index (χ3v) is 5.92. The number of halogens is 3. The maximum Gasteiger partial charge on any atom is 0.416 e. The third kappa shape index (κ3) is 6.09. The van der Waals surface area contributed by atoms with Gasteiger partial charge in [-0.2, -0.15) is 13.2 Å². The number of hydrogen-bond donors (Lipinski definition) is 0. The first-order valence-electron chi connectivity index (χ1n) is 9.43. The Balaban J connectivity index is 1.42. The van der Waals surface area contributed by atoms with E-state index in [2.05, 4.69) is 9.88 Å². The zero-order valence-electron chi connectivity index (χ0n) is 15.3. The molecule has 1 aromatic carbocycles. The first kappa shape index (κ1) is 20.4. The van der Waals surface area contributed by atoms with E-state index in [0.717, 1.165) is 67.4 Å². The van der Waals surface area contributed by atoms with Crippen molar-refractivity contribution in [3.8, 4) is 0 Å². The summed E-state index contributed by atoms with van der Waals surface area (Å²) in [7, 11) is 0. The average Bonchev–Trinajstić information content (AvgIpc) is 2.67. The summed E-state index contributed by atoms with van der Waals surface area (Å²) >= 11 is 1.70. The molecule has 0 unspecified atom stereocenters. The lowest BCUT2D eigenvalue weighted by Gasteiger charge is -2.26. The maximum atomic E-state index is 12.8. The zero-order valence-corrected chi connectivity index (χ0v) is 16.1. The first-order chi connectivity index (χ1) is 13.0. The van der Waals surface area contributed by atoms with Crippen LogP contribution in [-0.4, -0.2) is 48.5 Å². The summed E-state index contributed by atoms with van der Waals surface area (Å²) in [5.74, 6) is 0.970. The van der Waals surface area contributed by atoms with Crippen LogP contribution in [0, 0.1) is 0 Å². The number of unbranched alkanes of at least 4 members (excludes halogenated alkanes) is 3.